The molecule has 0 radical (unpaired) electrons. The molecule has 78 valence electrons. The number of aliphatic hydroxyl groups is 1. The van der Waals surface area contributed by atoms with Gasteiger partial charge >= 0.3 is 0 Å². The third kappa shape index (κ3) is 2.85. The Morgan fingerprint density at radius 2 is 1.93 bits per heavy atom. The number of aryl methyl sites for hydroxylation is 1. The molecule has 0 heterocycles. The van der Waals surface area contributed by atoms with Crippen molar-refractivity contribution in [3.05, 3.63) is 35.4 Å². The van der Waals surface area contributed by atoms with Crippen LogP contribution in [-0.2, 0) is 0 Å². The molecule has 0 aliphatic heterocycles. The minimum absolute atomic E-state index is 0.300. The molecule has 0 amide bonds. The molecule has 14 heavy (non-hydrogen) atoms. The first-order chi connectivity index (χ1) is 6.65. The van der Waals surface area contributed by atoms with Crippen molar-refractivity contribution in [2.24, 2.45) is 5.92 Å². The molecule has 2 unspecified atom stereocenters. The predicted octanol–water partition coefficient (Wildman–Crippen LogP) is 3.46. The normalized spacial score (nSPS) is 15.1. The summed E-state index contributed by atoms with van der Waals surface area (Å²) in [5, 5.41) is 10.0. The molecule has 1 aromatic carbocycles. The third-order valence-corrected chi connectivity index (χ3v) is 2.87. The summed E-state index contributed by atoms with van der Waals surface area (Å²) in [5.74, 6) is 0.588. The highest BCUT2D eigenvalue weighted by molar-refractivity contribution is 5.27. The van der Waals surface area contributed by atoms with Gasteiger partial charge in [-0.05, 0) is 30.4 Å². The Balaban J connectivity index is 2.69. The van der Waals surface area contributed by atoms with Crippen LogP contribution in [0.3, 0.4) is 0 Å². The zero-order valence-corrected chi connectivity index (χ0v) is 9.33. The summed E-state index contributed by atoms with van der Waals surface area (Å²) in [7, 11) is 0. The largest absolute Gasteiger partial charge is 0.388 e. The third-order valence-electron chi connectivity index (χ3n) is 2.87. The number of rotatable bonds is 4. The molecule has 0 aliphatic rings. The second kappa shape index (κ2) is 5.16. The Labute approximate surface area is 86.8 Å². The van der Waals surface area contributed by atoms with E-state index in [1.807, 2.05) is 18.2 Å². The molecule has 1 N–H and O–H groups in total. The van der Waals surface area contributed by atoms with Crippen LogP contribution in [-0.4, -0.2) is 5.11 Å². The standard InChI is InChI=1S/C13H20O/c1-4-10(2)9-13(14)12-8-6-5-7-11(12)3/h5-8,10,13-14H,4,9H2,1-3H3. The van der Waals surface area contributed by atoms with Gasteiger partial charge in [0, 0.05) is 0 Å². The molecule has 0 spiro atoms. The van der Waals surface area contributed by atoms with Gasteiger partial charge in [-0.1, -0.05) is 44.5 Å². The Morgan fingerprint density at radius 1 is 1.29 bits per heavy atom. The van der Waals surface area contributed by atoms with Gasteiger partial charge in [0.05, 0.1) is 6.10 Å². The van der Waals surface area contributed by atoms with Gasteiger partial charge in [-0.25, -0.2) is 0 Å². The van der Waals surface area contributed by atoms with Crippen LogP contribution in [0.5, 0.6) is 0 Å². The van der Waals surface area contributed by atoms with E-state index in [0.29, 0.717) is 5.92 Å². The zero-order chi connectivity index (χ0) is 10.6. The molecule has 0 saturated heterocycles. The maximum atomic E-state index is 10.0. The molecule has 1 aromatic rings. The molecule has 1 nitrogen and oxygen atoms in total. The molecule has 0 bridgehead atoms. The summed E-state index contributed by atoms with van der Waals surface area (Å²) >= 11 is 0. The van der Waals surface area contributed by atoms with Crippen LogP contribution in [0.2, 0.25) is 0 Å². The fourth-order valence-electron chi connectivity index (χ4n) is 1.64. The molecular weight excluding hydrogens is 172 g/mol. The molecule has 2 atom stereocenters. The minimum atomic E-state index is -0.300. The van der Waals surface area contributed by atoms with Gasteiger partial charge in [0.2, 0.25) is 0 Å². The van der Waals surface area contributed by atoms with Gasteiger partial charge in [0.25, 0.3) is 0 Å². The maximum absolute atomic E-state index is 10.0. The van der Waals surface area contributed by atoms with Gasteiger partial charge in [-0.3, -0.25) is 0 Å². The Kier molecular flexibility index (Phi) is 4.15. The van der Waals surface area contributed by atoms with Gasteiger partial charge in [0.1, 0.15) is 0 Å². The van der Waals surface area contributed by atoms with E-state index < -0.39 is 0 Å². The van der Waals surface area contributed by atoms with Crippen molar-refractivity contribution in [1.29, 1.82) is 0 Å². The smallest absolute Gasteiger partial charge is 0.0795 e. The Bertz CT molecular complexity index is 280. The number of aliphatic hydroxyl groups excluding tert-OH is 1. The van der Waals surface area contributed by atoms with Gasteiger partial charge in [-0.15, -0.1) is 0 Å². The first-order valence-electron chi connectivity index (χ1n) is 5.38. The van der Waals surface area contributed by atoms with Gasteiger partial charge < -0.3 is 5.11 Å². The zero-order valence-electron chi connectivity index (χ0n) is 9.33. The van der Waals surface area contributed by atoms with Crippen molar-refractivity contribution in [1.82, 2.24) is 0 Å². The van der Waals surface area contributed by atoms with Crippen LogP contribution in [0.25, 0.3) is 0 Å². The number of benzene rings is 1. The van der Waals surface area contributed by atoms with Crippen molar-refractivity contribution in [2.45, 2.75) is 39.7 Å². The first-order valence-corrected chi connectivity index (χ1v) is 5.38. The highest BCUT2D eigenvalue weighted by atomic mass is 16.3. The van der Waals surface area contributed by atoms with Gasteiger partial charge in [0.15, 0.2) is 0 Å². The summed E-state index contributed by atoms with van der Waals surface area (Å²) in [5.41, 5.74) is 2.26. The van der Waals surface area contributed by atoms with E-state index >= 15 is 0 Å². The van der Waals surface area contributed by atoms with Crippen LogP contribution in [0.4, 0.5) is 0 Å². The van der Waals surface area contributed by atoms with Crippen molar-refractivity contribution in [3.8, 4) is 0 Å². The second-order valence-electron chi connectivity index (χ2n) is 4.12. The van der Waals surface area contributed by atoms with E-state index in [4.69, 9.17) is 0 Å². The maximum Gasteiger partial charge on any atom is 0.0795 e. The van der Waals surface area contributed by atoms with Crippen LogP contribution < -0.4 is 0 Å². The Hall–Kier alpha value is -0.820. The van der Waals surface area contributed by atoms with Gasteiger partial charge in [-0.2, -0.15) is 0 Å². The van der Waals surface area contributed by atoms with E-state index in [-0.39, 0.29) is 6.10 Å². The lowest BCUT2D eigenvalue weighted by Gasteiger charge is -2.16. The van der Waals surface area contributed by atoms with Crippen LogP contribution >= 0.6 is 0 Å². The van der Waals surface area contributed by atoms with Crippen LogP contribution in [0.1, 0.15) is 43.9 Å². The summed E-state index contributed by atoms with van der Waals surface area (Å²) in [6.45, 7) is 6.39. The number of hydrogen-bond donors (Lipinski definition) is 1. The van der Waals surface area contributed by atoms with E-state index in [1.54, 1.807) is 0 Å². The lowest BCUT2D eigenvalue weighted by Crippen LogP contribution is -2.05. The monoisotopic (exact) mass is 192 g/mol. The summed E-state index contributed by atoms with van der Waals surface area (Å²) < 4.78 is 0. The van der Waals surface area contributed by atoms with E-state index in [2.05, 4.69) is 26.8 Å². The van der Waals surface area contributed by atoms with Crippen molar-refractivity contribution >= 4 is 0 Å². The van der Waals surface area contributed by atoms with E-state index in [1.165, 1.54) is 5.56 Å². The quantitative estimate of drug-likeness (QED) is 0.774. The van der Waals surface area contributed by atoms with Crippen LogP contribution in [0.15, 0.2) is 24.3 Å². The SMILES string of the molecule is CCC(C)CC(O)c1ccccc1C. The average molecular weight is 192 g/mol. The molecule has 0 fully saturated rings. The Morgan fingerprint density at radius 3 is 2.50 bits per heavy atom. The van der Waals surface area contributed by atoms with Crippen molar-refractivity contribution < 1.29 is 5.11 Å². The highest BCUT2D eigenvalue weighted by Gasteiger charge is 2.12. The topological polar surface area (TPSA) is 20.2 Å². The molecule has 0 saturated carbocycles. The summed E-state index contributed by atoms with van der Waals surface area (Å²) in [6.07, 6.45) is 1.69. The molecular formula is C13H20O. The molecule has 0 aromatic heterocycles. The van der Waals surface area contributed by atoms with E-state index in [9.17, 15) is 5.11 Å². The van der Waals surface area contributed by atoms with E-state index in [0.717, 1.165) is 18.4 Å². The highest BCUT2D eigenvalue weighted by Crippen LogP contribution is 2.24. The van der Waals surface area contributed by atoms with Crippen molar-refractivity contribution in [2.75, 3.05) is 0 Å². The van der Waals surface area contributed by atoms with Crippen LogP contribution in [0, 0.1) is 12.8 Å². The second-order valence-corrected chi connectivity index (χ2v) is 4.12. The predicted molar refractivity (Wildman–Crippen MR) is 60.2 cm³/mol. The fourth-order valence-corrected chi connectivity index (χ4v) is 1.64. The lowest BCUT2D eigenvalue weighted by molar-refractivity contribution is 0.146. The van der Waals surface area contributed by atoms with Crippen molar-refractivity contribution in [3.63, 3.8) is 0 Å². The fraction of sp³-hybridized carbons (Fsp3) is 0.538. The number of hydrogen-bond acceptors (Lipinski definition) is 1. The molecule has 1 heteroatoms. The molecule has 1 rings (SSSR count). The first kappa shape index (κ1) is 11.3. The average Bonchev–Trinajstić information content (AvgIpc) is 2.18. The minimum Gasteiger partial charge on any atom is -0.388 e. The lowest BCUT2D eigenvalue weighted by atomic mass is 9.94. The summed E-state index contributed by atoms with van der Waals surface area (Å²) in [4.78, 5) is 0. The summed E-state index contributed by atoms with van der Waals surface area (Å²) in [6, 6.07) is 8.06. The molecule has 0 aliphatic carbocycles.